The Morgan fingerprint density at radius 3 is 2.47 bits per heavy atom. The van der Waals surface area contributed by atoms with Crippen LogP contribution in [0.25, 0.3) is 0 Å². The fraction of sp³-hybridized carbons (Fsp3) is 0.133. The molecule has 0 spiro atoms. The molecule has 1 N–H and O–H groups in total. The molecule has 0 heterocycles. The second kappa shape index (κ2) is 6.95. The van der Waals surface area contributed by atoms with Crippen LogP contribution in [0.2, 0.25) is 0 Å². The van der Waals surface area contributed by atoms with E-state index in [1.807, 2.05) is 48.5 Å². The lowest BCUT2D eigenvalue weighted by Crippen LogP contribution is -2.28. The first kappa shape index (κ1) is 13.6. The first-order chi connectivity index (χ1) is 9.27. The highest BCUT2D eigenvalue weighted by Gasteiger charge is 2.07. The molecule has 0 aliphatic rings. The average Bonchev–Trinajstić information content (AvgIpc) is 2.45. The minimum Gasteiger partial charge on any atom is -0.492 e. The Bertz CT molecular complexity index is 543. The van der Waals surface area contributed by atoms with Crippen molar-refractivity contribution in [3.63, 3.8) is 0 Å². The number of halogens is 1. The van der Waals surface area contributed by atoms with Crippen LogP contribution in [0.15, 0.2) is 59.1 Å². The fourth-order valence-corrected chi connectivity index (χ4v) is 2.06. The normalized spacial score (nSPS) is 9.95. The standard InChI is InChI=1S/C15H14BrNO2/c16-14-9-5-4-8-13(14)15(18)17-10-11-19-12-6-2-1-3-7-12/h1-9H,10-11H2,(H,17,18). The lowest BCUT2D eigenvalue weighted by Gasteiger charge is -2.08. The van der Waals surface area contributed by atoms with E-state index in [1.165, 1.54) is 0 Å². The third-order valence-corrected chi connectivity index (χ3v) is 3.21. The van der Waals surface area contributed by atoms with Crippen LogP contribution in [0.1, 0.15) is 10.4 Å². The van der Waals surface area contributed by atoms with Crippen molar-refractivity contribution in [3.8, 4) is 5.75 Å². The molecule has 0 saturated carbocycles. The highest BCUT2D eigenvalue weighted by molar-refractivity contribution is 9.10. The van der Waals surface area contributed by atoms with Gasteiger partial charge in [-0.1, -0.05) is 30.3 Å². The quantitative estimate of drug-likeness (QED) is 0.859. The summed E-state index contributed by atoms with van der Waals surface area (Å²) in [6.45, 7) is 0.912. The van der Waals surface area contributed by atoms with Gasteiger partial charge in [0.15, 0.2) is 0 Å². The van der Waals surface area contributed by atoms with E-state index in [1.54, 1.807) is 6.07 Å². The van der Waals surface area contributed by atoms with Crippen molar-refractivity contribution in [2.24, 2.45) is 0 Å². The van der Waals surface area contributed by atoms with Crippen LogP contribution in [-0.2, 0) is 0 Å². The number of hydrogen-bond donors (Lipinski definition) is 1. The molecule has 0 aromatic heterocycles. The molecule has 0 aliphatic carbocycles. The molecule has 2 aromatic carbocycles. The predicted octanol–water partition coefficient (Wildman–Crippen LogP) is 3.26. The van der Waals surface area contributed by atoms with Gasteiger partial charge in [0.25, 0.3) is 5.91 Å². The zero-order valence-electron chi connectivity index (χ0n) is 10.3. The van der Waals surface area contributed by atoms with E-state index in [2.05, 4.69) is 21.2 Å². The van der Waals surface area contributed by atoms with Crippen molar-refractivity contribution < 1.29 is 9.53 Å². The summed E-state index contributed by atoms with van der Waals surface area (Å²) in [7, 11) is 0. The molecule has 0 unspecified atom stereocenters. The van der Waals surface area contributed by atoms with Crippen molar-refractivity contribution >= 4 is 21.8 Å². The number of carbonyl (C=O) groups is 1. The van der Waals surface area contributed by atoms with Gasteiger partial charge in [-0.2, -0.15) is 0 Å². The summed E-state index contributed by atoms with van der Waals surface area (Å²) in [5.74, 6) is 0.696. The number of para-hydroxylation sites is 1. The number of amides is 1. The fourth-order valence-electron chi connectivity index (χ4n) is 1.59. The van der Waals surface area contributed by atoms with Crippen LogP contribution in [0, 0.1) is 0 Å². The first-order valence-electron chi connectivity index (χ1n) is 5.98. The van der Waals surface area contributed by atoms with Gasteiger partial charge in [-0.15, -0.1) is 0 Å². The maximum atomic E-state index is 11.9. The summed E-state index contributed by atoms with van der Waals surface area (Å²) in [4.78, 5) is 11.9. The topological polar surface area (TPSA) is 38.3 Å². The number of carbonyl (C=O) groups excluding carboxylic acids is 1. The average molecular weight is 320 g/mol. The Kier molecular flexibility index (Phi) is 4.98. The van der Waals surface area contributed by atoms with E-state index < -0.39 is 0 Å². The number of benzene rings is 2. The van der Waals surface area contributed by atoms with E-state index in [4.69, 9.17) is 4.74 Å². The first-order valence-corrected chi connectivity index (χ1v) is 6.77. The van der Waals surface area contributed by atoms with Crippen LogP contribution in [-0.4, -0.2) is 19.1 Å². The van der Waals surface area contributed by atoms with Crippen LogP contribution >= 0.6 is 15.9 Å². The van der Waals surface area contributed by atoms with Crippen LogP contribution in [0.4, 0.5) is 0 Å². The summed E-state index contributed by atoms with van der Waals surface area (Å²) < 4.78 is 6.28. The lowest BCUT2D eigenvalue weighted by molar-refractivity contribution is 0.0946. The lowest BCUT2D eigenvalue weighted by atomic mass is 10.2. The van der Waals surface area contributed by atoms with Crippen molar-refractivity contribution in [1.29, 1.82) is 0 Å². The van der Waals surface area contributed by atoms with Gasteiger partial charge >= 0.3 is 0 Å². The largest absolute Gasteiger partial charge is 0.492 e. The molecule has 0 fully saturated rings. The van der Waals surface area contributed by atoms with Crippen molar-refractivity contribution in [2.75, 3.05) is 13.2 Å². The molecule has 0 radical (unpaired) electrons. The summed E-state index contributed by atoms with van der Waals surface area (Å²) in [5, 5.41) is 2.82. The summed E-state index contributed by atoms with van der Waals surface area (Å²) in [6.07, 6.45) is 0. The molecule has 2 aromatic rings. The Hall–Kier alpha value is -1.81. The van der Waals surface area contributed by atoms with Crippen molar-refractivity contribution in [1.82, 2.24) is 5.32 Å². The van der Waals surface area contributed by atoms with Crippen molar-refractivity contribution in [3.05, 3.63) is 64.6 Å². The van der Waals surface area contributed by atoms with Gasteiger partial charge in [-0.25, -0.2) is 0 Å². The Balaban J connectivity index is 1.77. The Labute approximate surface area is 120 Å². The van der Waals surface area contributed by atoms with Crippen LogP contribution in [0.5, 0.6) is 5.75 Å². The maximum absolute atomic E-state index is 11.9. The zero-order chi connectivity index (χ0) is 13.5. The molecule has 2 rings (SSSR count). The molecule has 1 amide bonds. The van der Waals surface area contributed by atoms with Gasteiger partial charge in [0.1, 0.15) is 12.4 Å². The van der Waals surface area contributed by atoms with Gasteiger partial charge in [-0.3, -0.25) is 4.79 Å². The molecular weight excluding hydrogens is 306 g/mol. The number of rotatable bonds is 5. The third-order valence-electron chi connectivity index (χ3n) is 2.52. The minimum absolute atomic E-state index is 0.107. The Morgan fingerprint density at radius 1 is 1.05 bits per heavy atom. The molecule has 0 bridgehead atoms. The number of nitrogens with one attached hydrogen (secondary N) is 1. The second-order valence-corrected chi connectivity index (χ2v) is 4.75. The smallest absolute Gasteiger partial charge is 0.252 e. The van der Waals surface area contributed by atoms with E-state index in [9.17, 15) is 4.79 Å². The van der Waals surface area contributed by atoms with Gasteiger partial charge in [0, 0.05) is 4.47 Å². The van der Waals surface area contributed by atoms with Crippen molar-refractivity contribution in [2.45, 2.75) is 0 Å². The van der Waals surface area contributed by atoms with Crippen LogP contribution in [0.3, 0.4) is 0 Å². The molecule has 0 atom stereocenters. The summed E-state index contributed by atoms with van der Waals surface area (Å²) in [6, 6.07) is 16.9. The van der Waals surface area contributed by atoms with Crippen LogP contribution < -0.4 is 10.1 Å². The minimum atomic E-state index is -0.107. The molecule has 3 nitrogen and oxygen atoms in total. The van der Waals surface area contributed by atoms with E-state index >= 15 is 0 Å². The molecule has 98 valence electrons. The summed E-state index contributed by atoms with van der Waals surface area (Å²) in [5.41, 5.74) is 0.627. The summed E-state index contributed by atoms with van der Waals surface area (Å²) >= 11 is 3.35. The second-order valence-electron chi connectivity index (χ2n) is 3.90. The predicted molar refractivity (Wildman–Crippen MR) is 78.4 cm³/mol. The third kappa shape index (κ3) is 4.10. The number of ether oxygens (including phenoxy) is 1. The van der Waals surface area contributed by atoms with E-state index in [0.717, 1.165) is 10.2 Å². The molecule has 19 heavy (non-hydrogen) atoms. The van der Waals surface area contributed by atoms with Gasteiger partial charge in [-0.05, 0) is 40.2 Å². The molecule has 0 saturated heterocycles. The zero-order valence-corrected chi connectivity index (χ0v) is 11.9. The van der Waals surface area contributed by atoms with E-state index in [-0.39, 0.29) is 5.91 Å². The maximum Gasteiger partial charge on any atom is 0.252 e. The molecule has 0 aliphatic heterocycles. The SMILES string of the molecule is O=C(NCCOc1ccccc1)c1ccccc1Br. The van der Waals surface area contributed by atoms with E-state index in [0.29, 0.717) is 18.7 Å². The highest BCUT2D eigenvalue weighted by Crippen LogP contribution is 2.15. The monoisotopic (exact) mass is 319 g/mol. The highest BCUT2D eigenvalue weighted by atomic mass is 79.9. The number of hydrogen-bond acceptors (Lipinski definition) is 2. The van der Waals surface area contributed by atoms with Gasteiger partial charge in [0.05, 0.1) is 12.1 Å². The van der Waals surface area contributed by atoms with Gasteiger partial charge < -0.3 is 10.1 Å². The molecular formula is C15H14BrNO2. The Morgan fingerprint density at radius 2 is 1.74 bits per heavy atom. The molecule has 4 heteroatoms. The van der Waals surface area contributed by atoms with Gasteiger partial charge in [0.2, 0.25) is 0 Å².